The average molecular weight is 167 g/mol. The molecule has 1 aromatic heterocycles. The second-order valence-electron chi connectivity index (χ2n) is 2.01. The number of rotatable bonds is 2. The van der Waals surface area contributed by atoms with Crippen LogP contribution in [-0.4, -0.2) is 22.9 Å². The lowest BCUT2D eigenvalue weighted by molar-refractivity contribution is 0.0948. The molecule has 1 rings (SSSR count). The average Bonchev–Trinajstić information content (AvgIpc) is 2.17. The lowest BCUT2D eigenvalue weighted by atomic mass is 10.4. The maximum absolute atomic E-state index is 10.9. The highest BCUT2D eigenvalue weighted by Crippen LogP contribution is 1.99. The number of hydrogen-bond donors (Lipinski definition) is 3. The molecule has 0 atom stereocenters. The van der Waals surface area contributed by atoms with Gasteiger partial charge in [-0.15, -0.1) is 0 Å². The van der Waals surface area contributed by atoms with E-state index in [9.17, 15) is 4.79 Å². The van der Waals surface area contributed by atoms with Gasteiger partial charge in [-0.2, -0.15) is 0 Å². The van der Waals surface area contributed by atoms with Crippen LogP contribution in [0.15, 0.2) is 12.4 Å². The van der Waals surface area contributed by atoms with Crippen LogP contribution in [0.3, 0.4) is 0 Å². The molecule has 12 heavy (non-hydrogen) atoms. The predicted molar refractivity (Wildman–Crippen MR) is 43.2 cm³/mol. The zero-order valence-corrected chi connectivity index (χ0v) is 6.53. The first kappa shape index (κ1) is 8.41. The first-order chi connectivity index (χ1) is 5.77. The summed E-state index contributed by atoms with van der Waals surface area (Å²) in [5, 5.41) is 2.75. The lowest BCUT2D eigenvalue weighted by Gasteiger charge is -2.00. The van der Waals surface area contributed by atoms with Gasteiger partial charge >= 0.3 is 0 Å². The van der Waals surface area contributed by atoms with E-state index in [0.717, 1.165) is 0 Å². The number of nitrogen functional groups attached to an aromatic ring is 1. The van der Waals surface area contributed by atoms with Crippen molar-refractivity contribution in [2.45, 2.75) is 0 Å². The Labute approximate surface area is 69.2 Å². The van der Waals surface area contributed by atoms with Crippen molar-refractivity contribution in [3.63, 3.8) is 0 Å². The molecular weight excluding hydrogens is 158 g/mol. The molecule has 1 amide bonds. The number of carbonyl (C=O) groups is 1. The number of nitrogens with zero attached hydrogens (tertiary/aromatic N) is 2. The van der Waals surface area contributed by atoms with Gasteiger partial charge in [0.15, 0.2) is 0 Å². The Kier molecular flexibility index (Phi) is 2.54. The van der Waals surface area contributed by atoms with Crippen LogP contribution in [-0.2, 0) is 0 Å². The minimum atomic E-state index is -0.459. The molecule has 0 bridgehead atoms. The zero-order chi connectivity index (χ0) is 8.97. The molecule has 0 aliphatic carbocycles. The van der Waals surface area contributed by atoms with E-state index in [1.807, 2.05) is 5.43 Å². The van der Waals surface area contributed by atoms with Crippen LogP contribution in [0.5, 0.6) is 0 Å². The summed E-state index contributed by atoms with van der Waals surface area (Å²) in [6.45, 7) is 0. The molecule has 0 unspecified atom stereocenters. The minimum Gasteiger partial charge on any atom is -0.372 e. The van der Waals surface area contributed by atoms with Gasteiger partial charge < -0.3 is 5.32 Å². The van der Waals surface area contributed by atoms with Crippen LogP contribution in [0.1, 0.15) is 10.5 Å². The fourth-order valence-corrected chi connectivity index (χ4v) is 0.670. The summed E-state index contributed by atoms with van der Waals surface area (Å²) in [4.78, 5) is 18.6. The summed E-state index contributed by atoms with van der Waals surface area (Å²) >= 11 is 0. The van der Waals surface area contributed by atoms with Gasteiger partial charge in [0.05, 0.1) is 12.4 Å². The van der Waals surface area contributed by atoms with Gasteiger partial charge in [0.2, 0.25) is 0 Å². The Hall–Kier alpha value is -1.69. The molecule has 64 valence electrons. The molecule has 0 spiro atoms. The first-order valence-corrected chi connectivity index (χ1v) is 3.28. The molecule has 0 fully saturated rings. The summed E-state index contributed by atoms with van der Waals surface area (Å²) in [6, 6.07) is 0. The number of amides is 1. The molecule has 6 heteroatoms. The fourth-order valence-electron chi connectivity index (χ4n) is 0.670. The van der Waals surface area contributed by atoms with Gasteiger partial charge in [0.25, 0.3) is 5.91 Å². The van der Waals surface area contributed by atoms with Gasteiger partial charge in [0, 0.05) is 7.05 Å². The number of nitrogens with two attached hydrogens (primary N) is 1. The third-order valence-electron chi connectivity index (χ3n) is 1.25. The highest BCUT2D eigenvalue weighted by Gasteiger charge is 2.05. The van der Waals surface area contributed by atoms with E-state index >= 15 is 0 Å². The maximum atomic E-state index is 10.9. The molecule has 0 aliphatic rings. The van der Waals surface area contributed by atoms with Crippen molar-refractivity contribution in [1.29, 1.82) is 0 Å². The van der Waals surface area contributed by atoms with Crippen LogP contribution in [0.25, 0.3) is 0 Å². The summed E-state index contributed by atoms with van der Waals surface area (Å²) in [5.41, 5.74) is 2.15. The highest BCUT2D eigenvalue weighted by molar-refractivity contribution is 5.91. The smallest absolute Gasteiger partial charge is 0.285 e. The number of carbonyl (C=O) groups excluding carboxylic acids is 1. The highest BCUT2D eigenvalue weighted by atomic mass is 16.2. The van der Waals surface area contributed by atoms with Crippen LogP contribution in [0, 0.1) is 0 Å². The molecule has 1 heterocycles. The summed E-state index contributed by atoms with van der Waals surface area (Å²) < 4.78 is 0. The Morgan fingerprint density at radius 3 is 2.92 bits per heavy atom. The van der Waals surface area contributed by atoms with Crippen LogP contribution < -0.4 is 16.6 Å². The van der Waals surface area contributed by atoms with E-state index in [2.05, 4.69) is 15.3 Å². The summed E-state index contributed by atoms with van der Waals surface area (Å²) in [5.74, 6) is 4.97. The van der Waals surface area contributed by atoms with E-state index in [1.54, 1.807) is 7.05 Å². The van der Waals surface area contributed by atoms with Gasteiger partial charge in [0.1, 0.15) is 11.5 Å². The molecule has 1 aromatic rings. The van der Waals surface area contributed by atoms with Crippen molar-refractivity contribution in [2.75, 3.05) is 12.4 Å². The SMILES string of the molecule is CNc1cncc(C(=O)NN)n1. The van der Waals surface area contributed by atoms with Crippen molar-refractivity contribution < 1.29 is 4.79 Å². The number of anilines is 1. The second-order valence-corrected chi connectivity index (χ2v) is 2.01. The molecular formula is C6H9N5O. The van der Waals surface area contributed by atoms with Crippen LogP contribution in [0.4, 0.5) is 5.82 Å². The Morgan fingerprint density at radius 1 is 1.58 bits per heavy atom. The van der Waals surface area contributed by atoms with E-state index in [4.69, 9.17) is 5.84 Å². The summed E-state index contributed by atoms with van der Waals surface area (Å²) in [7, 11) is 1.69. The van der Waals surface area contributed by atoms with Gasteiger partial charge in [-0.3, -0.25) is 15.2 Å². The topological polar surface area (TPSA) is 92.9 Å². The number of hydrazine groups is 1. The van der Waals surface area contributed by atoms with Crippen molar-refractivity contribution >= 4 is 11.7 Å². The molecule has 0 radical (unpaired) electrons. The van der Waals surface area contributed by atoms with E-state index in [0.29, 0.717) is 5.82 Å². The summed E-state index contributed by atoms with van der Waals surface area (Å²) in [6.07, 6.45) is 2.84. The van der Waals surface area contributed by atoms with Crippen molar-refractivity contribution in [3.05, 3.63) is 18.1 Å². The molecule has 6 nitrogen and oxygen atoms in total. The van der Waals surface area contributed by atoms with E-state index in [1.165, 1.54) is 12.4 Å². The van der Waals surface area contributed by atoms with Crippen molar-refractivity contribution in [3.8, 4) is 0 Å². The van der Waals surface area contributed by atoms with Crippen LogP contribution >= 0.6 is 0 Å². The molecule has 0 saturated heterocycles. The van der Waals surface area contributed by atoms with Crippen molar-refractivity contribution in [2.24, 2.45) is 5.84 Å². The fraction of sp³-hybridized carbons (Fsp3) is 0.167. The zero-order valence-electron chi connectivity index (χ0n) is 6.53. The first-order valence-electron chi connectivity index (χ1n) is 3.28. The number of nitrogens with one attached hydrogen (secondary N) is 2. The Morgan fingerprint density at radius 2 is 2.33 bits per heavy atom. The second kappa shape index (κ2) is 3.63. The van der Waals surface area contributed by atoms with Crippen molar-refractivity contribution in [1.82, 2.24) is 15.4 Å². The van der Waals surface area contributed by atoms with Gasteiger partial charge in [-0.25, -0.2) is 10.8 Å². The van der Waals surface area contributed by atoms with E-state index < -0.39 is 5.91 Å². The Balaban J connectivity index is 2.93. The molecule has 0 saturated carbocycles. The third kappa shape index (κ3) is 1.67. The number of aromatic nitrogens is 2. The predicted octanol–water partition coefficient (Wildman–Crippen LogP) is -0.878. The lowest BCUT2D eigenvalue weighted by Crippen LogP contribution is -2.30. The standard InChI is InChI=1S/C6H9N5O/c1-8-5-3-9-2-4(10-5)6(12)11-7/h2-3H,7H2,1H3,(H,8,10)(H,11,12). The quantitative estimate of drug-likeness (QED) is 0.302. The van der Waals surface area contributed by atoms with E-state index in [-0.39, 0.29) is 5.69 Å². The van der Waals surface area contributed by atoms with Gasteiger partial charge in [-0.1, -0.05) is 0 Å². The Bertz CT molecular complexity index is 287. The monoisotopic (exact) mass is 167 g/mol. The minimum absolute atomic E-state index is 0.185. The van der Waals surface area contributed by atoms with Gasteiger partial charge in [-0.05, 0) is 0 Å². The normalized spacial score (nSPS) is 9.17. The van der Waals surface area contributed by atoms with Crippen LogP contribution in [0.2, 0.25) is 0 Å². The largest absolute Gasteiger partial charge is 0.372 e. The number of hydrogen-bond acceptors (Lipinski definition) is 5. The molecule has 4 N–H and O–H groups in total. The molecule has 0 aromatic carbocycles. The third-order valence-corrected chi connectivity index (χ3v) is 1.25. The maximum Gasteiger partial charge on any atom is 0.285 e. The molecule has 0 aliphatic heterocycles.